The summed E-state index contributed by atoms with van der Waals surface area (Å²) in [5.74, 6) is 2.70. The minimum absolute atomic E-state index is 0. The quantitative estimate of drug-likeness (QED) is 0.715. The summed E-state index contributed by atoms with van der Waals surface area (Å²) in [6, 6.07) is 5.53. The maximum atomic E-state index is 5.81. The fourth-order valence-corrected chi connectivity index (χ4v) is 2.22. The van der Waals surface area contributed by atoms with Crippen LogP contribution >= 0.6 is 12.4 Å². The van der Waals surface area contributed by atoms with Crippen molar-refractivity contribution in [2.45, 2.75) is 13.5 Å². The summed E-state index contributed by atoms with van der Waals surface area (Å²) in [7, 11) is 3.24. The van der Waals surface area contributed by atoms with Gasteiger partial charge in [-0.15, -0.1) is 12.4 Å². The Morgan fingerprint density at radius 2 is 2.04 bits per heavy atom. The van der Waals surface area contributed by atoms with E-state index in [4.69, 9.17) is 13.9 Å². The molecule has 0 spiro atoms. The standard InChI is InChI=1S/C16H17N3O3.ClH/c1-11-14(9-19-7-6-17-10-19)18-16(22-11)13-8-12(20-2)4-5-15(13)21-3;/h4-8,10H,9H2,1-3H3;1H. The van der Waals surface area contributed by atoms with Crippen LogP contribution in [-0.2, 0) is 6.54 Å². The highest BCUT2D eigenvalue weighted by Gasteiger charge is 2.16. The minimum atomic E-state index is 0. The van der Waals surface area contributed by atoms with Crippen LogP contribution in [0.1, 0.15) is 11.5 Å². The number of aryl methyl sites for hydroxylation is 1. The normalized spacial score (nSPS) is 10.2. The number of rotatable bonds is 5. The topological polar surface area (TPSA) is 62.3 Å². The van der Waals surface area contributed by atoms with E-state index in [9.17, 15) is 0 Å². The summed E-state index contributed by atoms with van der Waals surface area (Å²) in [6.07, 6.45) is 5.38. The third-order valence-electron chi connectivity index (χ3n) is 3.42. The Kier molecular flexibility index (Phi) is 5.28. The van der Waals surface area contributed by atoms with Crippen LogP contribution in [0.2, 0.25) is 0 Å². The highest BCUT2D eigenvalue weighted by atomic mass is 35.5. The van der Waals surface area contributed by atoms with E-state index in [0.717, 1.165) is 22.8 Å². The molecule has 0 aliphatic carbocycles. The summed E-state index contributed by atoms with van der Waals surface area (Å²) in [4.78, 5) is 8.62. The zero-order valence-corrected chi connectivity index (χ0v) is 14.0. The molecule has 0 saturated carbocycles. The van der Waals surface area contributed by atoms with Gasteiger partial charge in [0.1, 0.15) is 23.0 Å². The summed E-state index contributed by atoms with van der Waals surface area (Å²) in [6.45, 7) is 2.51. The maximum absolute atomic E-state index is 5.81. The second-order valence-electron chi connectivity index (χ2n) is 4.82. The monoisotopic (exact) mass is 335 g/mol. The Balaban J connectivity index is 0.00000192. The molecular formula is C16H18ClN3O3. The van der Waals surface area contributed by atoms with Gasteiger partial charge < -0.3 is 18.5 Å². The number of oxazole rings is 1. The molecule has 7 heteroatoms. The molecule has 0 fully saturated rings. The molecule has 1 aromatic carbocycles. The Hall–Kier alpha value is -2.47. The largest absolute Gasteiger partial charge is 0.497 e. The van der Waals surface area contributed by atoms with Gasteiger partial charge in [0.15, 0.2) is 0 Å². The van der Waals surface area contributed by atoms with E-state index in [1.165, 1.54) is 0 Å². The smallest absolute Gasteiger partial charge is 0.230 e. The number of imidazole rings is 1. The van der Waals surface area contributed by atoms with Crippen LogP contribution < -0.4 is 9.47 Å². The van der Waals surface area contributed by atoms with Crippen LogP contribution in [-0.4, -0.2) is 28.8 Å². The maximum Gasteiger partial charge on any atom is 0.230 e. The molecular weight excluding hydrogens is 318 g/mol. The number of nitrogens with zero attached hydrogens (tertiary/aromatic N) is 3. The summed E-state index contributed by atoms with van der Waals surface area (Å²) < 4.78 is 18.4. The number of halogens is 1. The van der Waals surface area contributed by atoms with Crippen molar-refractivity contribution in [3.63, 3.8) is 0 Å². The molecule has 0 aliphatic heterocycles. The van der Waals surface area contributed by atoms with Crippen molar-refractivity contribution < 1.29 is 13.9 Å². The molecule has 2 heterocycles. The van der Waals surface area contributed by atoms with Crippen molar-refractivity contribution in [3.8, 4) is 23.0 Å². The van der Waals surface area contributed by atoms with Gasteiger partial charge in [0, 0.05) is 12.4 Å². The van der Waals surface area contributed by atoms with Crippen molar-refractivity contribution in [3.05, 3.63) is 48.4 Å². The van der Waals surface area contributed by atoms with Crippen LogP contribution in [0.3, 0.4) is 0 Å². The molecule has 6 nitrogen and oxygen atoms in total. The highest BCUT2D eigenvalue weighted by molar-refractivity contribution is 5.85. The molecule has 23 heavy (non-hydrogen) atoms. The summed E-state index contributed by atoms with van der Waals surface area (Å²) in [5.41, 5.74) is 1.62. The van der Waals surface area contributed by atoms with E-state index in [1.807, 2.05) is 35.9 Å². The first-order chi connectivity index (χ1) is 10.7. The molecule has 3 aromatic rings. The fraction of sp³-hybridized carbons (Fsp3) is 0.250. The van der Waals surface area contributed by atoms with Gasteiger partial charge in [-0.25, -0.2) is 9.97 Å². The first-order valence-electron chi connectivity index (χ1n) is 6.85. The lowest BCUT2D eigenvalue weighted by molar-refractivity contribution is 0.402. The van der Waals surface area contributed by atoms with Crippen molar-refractivity contribution in [1.29, 1.82) is 0 Å². The van der Waals surface area contributed by atoms with Crippen LogP contribution in [0.25, 0.3) is 11.5 Å². The SMILES string of the molecule is COc1ccc(OC)c(-c2nc(Cn3ccnc3)c(C)o2)c1.Cl. The van der Waals surface area contributed by atoms with Crippen molar-refractivity contribution in [2.24, 2.45) is 0 Å². The van der Waals surface area contributed by atoms with E-state index < -0.39 is 0 Å². The molecule has 2 aromatic heterocycles. The van der Waals surface area contributed by atoms with Gasteiger partial charge in [-0.1, -0.05) is 0 Å². The molecule has 0 radical (unpaired) electrons. The molecule has 0 atom stereocenters. The average Bonchev–Trinajstić information content (AvgIpc) is 3.17. The number of aromatic nitrogens is 3. The van der Waals surface area contributed by atoms with Gasteiger partial charge >= 0.3 is 0 Å². The Labute approximate surface area is 140 Å². The van der Waals surface area contributed by atoms with E-state index in [2.05, 4.69) is 9.97 Å². The Morgan fingerprint density at radius 3 is 2.70 bits per heavy atom. The van der Waals surface area contributed by atoms with Crippen LogP contribution in [0, 0.1) is 6.92 Å². The van der Waals surface area contributed by atoms with Crippen molar-refractivity contribution >= 4 is 12.4 Å². The molecule has 3 rings (SSSR count). The summed E-state index contributed by atoms with van der Waals surface area (Å²) in [5, 5.41) is 0. The number of ether oxygens (including phenoxy) is 2. The lowest BCUT2D eigenvalue weighted by Crippen LogP contribution is -1.98. The number of hydrogen-bond donors (Lipinski definition) is 0. The molecule has 0 unspecified atom stereocenters. The van der Waals surface area contributed by atoms with E-state index in [0.29, 0.717) is 18.2 Å². The first-order valence-corrected chi connectivity index (χ1v) is 6.85. The first kappa shape index (κ1) is 16.9. The third-order valence-corrected chi connectivity index (χ3v) is 3.42. The minimum Gasteiger partial charge on any atom is -0.497 e. The van der Waals surface area contributed by atoms with Gasteiger partial charge in [-0.05, 0) is 25.1 Å². The molecule has 0 amide bonds. The number of methoxy groups -OCH3 is 2. The summed E-state index contributed by atoms with van der Waals surface area (Å²) >= 11 is 0. The second-order valence-corrected chi connectivity index (χ2v) is 4.82. The lowest BCUT2D eigenvalue weighted by Gasteiger charge is -2.07. The molecule has 122 valence electrons. The molecule has 0 saturated heterocycles. The average molecular weight is 336 g/mol. The van der Waals surface area contributed by atoms with Gasteiger partial charge in [0.2, 0.25) is 5.89 Å². The Morgan fingerprint density at radius 1 is 1.22 bits per heavy atom. The van der Waals surface area contributed by atoms with Gasteiger partial charge in [-0.3, -0.25) is 0 Å². The van der Waals surface area contributed by atoms with Gasteiger partial charge in [0.05, 0.1) is 32.7 Å². The highest BCUT2D eigenvalue weighted by Crippen LogP contribution is 2.33. The number of hydrogen-bond acceptors (Lipinski definition) is 5. The Bertz CT molecular complexity index is 769. The molecule has 0 N–H and O–H groups in total. The second kappa shape index (κ2) is 7.19. The van der Waals surface area contributed by atoms with E-state index >= 15 is 0 Å². The van der Waals surface area contributed by atoms with E-state index in [1.54, 1.807) is 26.7 Å². The van der Waals surface area contributed by atoms with Crippen LogP contribution in [0.5, 0.6) is 11.5 Å². The van der Waals surface area contributed by atoms with E-state index in [-0.39, 0.29) is 12.4 Å². The van der Waals surface area contributed by atoms with Crippen LogP contribution in [0.4, 0.5) is 0 Å². The van der Waals surface area contributed by atoms with Crippen molar-refractivity contribution in [2.75, 3.05) is 14.2 Å². The van der Waals surface area contributed by atoms with Crippen molar-refractivity contribution in [1.82, 2.24) is 14.5 Å². The predicted octanol–water partition coefficient (Wildman–Crippen LogP) is 3.33. The lowest BCUT2D eigenvalue weighted by atomic mass is 10.2. The molecule has 0 aliphatic rings. The van der Waals surface area contributed by atoms with Gasteiger partial charge in [-0.2, -0.15) is 0 Å². The fourth-order valence-electron chi connectivity index (χ4n) is 2.22. The third kappa shape index (κ3) is 3.48. The zero-order chi connectivity index (χ0) is 15.5. The molecule has 0 bridgehead atoms. The predicted molar refractivity (Wildman–Crippen MR) is 88.4 cm³/mol. The number of benzene rings is 1. The zero-order valence-electron chi connectivity index (χ0n) is 13.1. The van der Waals surface area contributed by atoms with Gasteiger partial charge in [0.25, 0.3) is 0 Å². The van der Waals surface area contributed by atoms with Crippen LogP contribution in [0.15, 0.2) is 41.3 Å².